The van der Waals surface area contributed by atoms with Gasteiger partial charge >= 0.3 is 5.97 Å². The number of carboxylic acid groups (broad SMARTS) is 1. The molecule has 0 aromatic heterocycles. The Kier molecular flexibility index (Phi) is 3.83. The number of aryl methyl sites for hydroxylation is 2. The van der Waals surface area contributed by atoms with Crippen LogP contribution in [0.5, 0.6) is 5.75 Å². The zero-order valence-corrected chi connectivity index (χ0v) is 11.7. The number of hydrogen-bond acceptors (Lipinski definition) is 2. The van der Waals surface area contributed by atoms with Crippen molar-refractivity contribution in [2.75, 3.05) is 0 Å². The molecule has 0 atom stereocenters. The zero-order chi connectivity index (χ0) is 14.0. The molecule has 0 saturated heterocycles. The molecule has 1 aliphatic carbocycles. The molecule has 0 spiro atoms. The van der Waals surface area contributed by atoms with E-state index in [0.717, 1.165) is 18.4 Å². The fraction of sp³-hybridized carbons (Fsp3) is 0.562. The average Bonchev–Trinajstić information content (AvgIpc) is 2.50. The van der Waals surface area contributed by atoms with Crippen molar-refractivity contribution < 1.29 is 15.0 Å². The van der Waals surface area contributed by atoms with Gasteiger partial charge in [-0.3, -0.25) is 4.79 Å². The highest BCUT2D eigenvalue weighted by Crippen LogP contribution is 2.37. The molecule has 3 heteroatoms. The van der Waals surface area contributed by atoms with Gasteiger partial charge in [-0.1, -0.05) is 26.3 Å². The first-order chi connectivity index (χ1) is 8.90. The van der Waals surface area contributed by atoms with E-state index in [1.165, 1.54) is 30.4 Å². The third kappa shape index (κ3) is 3.09. The van der Waals surface area contributed by atoms with E-state index < -0.39 is 11.4 Å². The van der Waals surface area contributed by atoms with Gasteiger partial charge in [-0.2, -0.15) is 0 Å². The van der Waals surface area contributed by atoms with Gasteiger partial charge in [-0.05, 0) is 42.9 Å². The molecule has 1 aromatic carbocycles. The van der Waals surface area contributed by atoms with Crippen molar-refractivity contribution >= 4 is 5.97 Å². The van der Waals surface area contributed by atoms with Crippen LogP contribution in [0.15, 0.2) is 12.1 Å². The van der Waals surface area contributed by atoms with E-state index in [9.17, 15) is 9.90 Å². The second kappa shape index (κ2) is 5.24. The lowest BCUT2D eigenvalue weighted by molar-refractivity contribution is -0.138. The average molecular weight is 262 g/mol. The van der Waals surface area contributed by atoms with Crippen molar-refractivity contribution in [3.63, 3.8) is 0 Å². The molecule has 1 aliphatic rings. The van der Waals surface area contributed by atoms with Crippen LogP contribution in [0.4, 0.5) is 0 Å². The Hall–Kier alpha value is -1.51. The molecule has 104 valence electrons. The monoisotopic (exact) mass is 262 g/mol. The molecule has 0 unspecified atom stereocenters. The minimum absolute atomic E-state index is 0.0271. The molecule has 1 aromatic rings. The van der Waals surface area contributed by atoms with E-state index in [1.54, 1.807) is 0 Å². The summed E-state index contributed by atoms with van der Waals surface area (Å²) >= 11 is 0. The third-order valence-electron chi connectivity index (χ3n) is 4.03. The molecule has 0 saturated carbocycles. The predicted octanol–water partition coefficient (Wildman–Crippen LogP) is 3.41. The number of carboxylic acids is 1. The summed E-state index contributed by atoms with van der Waals surface area (Å²) in [6.07, 6.45) is 5.65. The van der Waals surface area contributed by atoms with Crippen LogP contribution in [0.1, 0.15) is 56.2 Å². The molecule has 3 nitrogen and oxygen atoms in total. The van der Waals surface area contributed by atoms with Gasteiger partial charge in [0, 0.05) is 11.0 Å². The molecule has 0 bridgehead atoms. The first-order valence-corrected chi connectivity index (χ1v) is 6.97. The molecule has 0 fully saturated rings. The highest BCUT2D eigenvalue weighted by Gasteiger charge is 2.28. The number of hydrogen-bond donors (Lipinski definition) is 2. The quantitative estimate of drug-likeness (QED) is 0.821. The van der Waals surface area contributed by atoms with Crippen molar-refractivity contribution in [2.24, 2.45) is 0 Å². The number of aromatic hydroxyl groups is 1. The van der Waals surface area contributed by atoms with Crippen LogP contribution in [-0.2, 0) is 23.1 Å². The molecular formula is C16H22O3. The largest absolute Gasteiger partial charge is 0.508 e. The van der Waals surface area contributed by atoms with Crippen molar-refractivity contribution in [2.45, 2.75) is 57.8 Å². The zero-order valence-electron chi connectivity index (χ0n) is 11.7. The first-order valence-electron chi connectivity index (χ1n) is 6.97. The molecule has 19 heavy (non-hydrogen) atoms. The number of fused-ring (bicyclic) bond motifs is 1. The van der Waals surface area contributed by atoms with Crippen LogP contribution in [-0.4, -0.2) is 16.2 Å². The fourth-order valence-corrected chi connectivity index (χ4v) is 2.96. The van der Waals surface area contributed by atoms with Gasteiger partial charge in [0.2, 0.25) is 0 Å². The normalized spacial score (nSPS) is 15.7. The molecule has 0 heterocycles. The molecular weight excluding hydrogens is 240 g/mol. The van der Waals surface area contributed by atoms with Crippen LogP contribution in [0.25, 0.3) is 0 Å². The van der Waals surface area contributed by atoms with E-state index in [1.807, 2.05) is 26.0 Å². The van der Waals surface area contributed by atoms with E-state index in [4.69, 9.17) is 5.11 Å². The molecule has 0 aliphatic heterocycles. The standard InChI is InChI=1S/C16H22O3/c1-16(2,10-15(18)19)13-8-11-6-4-3-5-7-12(11)9-14(13)17/h8-9,17H,3-7,10H2,1-2H3,(H,18,19). The summed E-state index contributed by atoms with van der Waals surface area (Å²) in [6, 6.07) is 3.87. The van der Waals surface area contributed by atoms with E-state index in [2.05, 4.69) is 0 Å². The number of phenolic OH excluding ortho intramolecular Hbond substituents is 1. The van der Waals surface area contributed by atoms with Gasteiger partial charge in [0.1, 0.15) is 5.75 Å². The van der Waals surface area contributed by atoms with Gasteiger partial charge in [0.25, 0.3) is 0 Å². The van der Waals surface area contributed by atoms with Crippen LogP contribution >= 0.6 is 0 Å². The summed E-state index contributed by atoms with van der Waals surface area (Å²) in [6.45, 7) is 3.75. The Morgan fingerprint density at radius 1 is 1.16 bits per heavy atom. The van der Waals surface area contributed by atoms with E-state index >= 15 is 0 Å². The van der Waals surface area contributed by atoms with Crippen LogP contribution in [0.3, 0.4) is 0 Å². The second-order valence-electron chi connectivity index (χ2n) is 6.15. The summed E-state index contributed by atoms with van der Waals surface area (Å²) in [5.41, 5.74) is 2.72. The maximum atomic E-state index is 11.0. The van der Waals surface area contributed by atoms with Gasteiger partial charge in [0.15, 0.2) is 0 Å². The summed E-state index contributed by atoms with van der Waals surface area (Å²) in [5, 5.41) is 19.2. The summed E-state index contributed by atoms with van der Waals surface area (Å²) < 4.78 is 0. The van der Waals surface area contributed by atoms with Crippen molar-refractivity contribution in [1.82, 2.24) is 0 Å². The second-order valence-corrected chi connectivity index (χ2v) is 6.15. The molecule has 2 rings (SSSR count). The SMILES string of the molecule is CC(C)(CC(=O)O)c1cc2c(cc1O)CCCCC2. The first kappa shape index (κ1) is 13.9. The van der Waals surface area contributed by atoms with Crippen LogP contribution in [0.2, 0.25) is 0 Å². The minimum Gasteiger partial charge on any atom is -0.508 e. The lowest BCUT2D eigenvalue weighted by atomic mass is 9.79. The number of rotatable bonds is 3. The fourth-order valence-electron chi connectivity index (χ4n) is 2.96. The maximum absolute atomic E-state index is 11.0. The van der Waals surface area contributed by atoms with Crippen LogP contribution in [0, 0.1) is 0 Å². The Balaban J connectivity index is 2.41. The predicted molar refractivity (Wildman–Crippen MR) is 74.6 cm³/mol. The molecule has 2 N–H and O–H groups in total. The highest BCUT2D eigenvalue weighted by atomic mass is 16.4. The van der Waals surface area contributed by atoms with E-state index in [0.29, 0.717) is 0 Å². The lowest BCUT2D eigenvalue weighted by Gasteiger charge is -2.25. The topological polar surface area (TPSA) is 57.5 Å². The molecule has 0 amide bonds. The van der Waals surface area contributed by atoms with Crippen LogP contribution < -0.4 is 0 Å². The van der Waals surface area contributed by atoms with Crippen molar-refractivity contribution in [1.29, 1.82) is 0 Å². The summed E-state index contributed by atoms with van der Waals surface area (Å²) in [4.78, 5) is 11.0. The number of phenols is 1. The Morgan fingerprint density at radius 3 is 2.32 bits per heavy atom. The van der Waals surface area contributed by atoms with Gasteiger partial charge in [0.05, 0.1) is 6.42 Å². The summed E-state index contributed by atoms with van der Waals surface area (Å²) in [5.74, 6) is -0.591. The highest BCUT2D eigenvalue weighted by molar-refractivity contribution is 5.69. The smallest absolute Gasteiger partial charge is 0.304 e. The third-order valence-corrected chi connectivity index (χ3v) is 4.03. The van der Waals surface area contributed by atoms with Crippen molar-refractivity contribution in [3.05, 3.63) is 28.8 Å². The van der Waals surface area contributed by atoms with E-state index in [-0.39, 0.29) is 12.2 Å². The van der Waals surface area contributed by atoms with Crippen molar-refractivity contribution in [3.8, 4) is 5.75 Å². The molecule has 0 radical (unpaired) electrons. The minimum atomic E-state index is -0.834. The van der Waals surface area contributed by atoms with Gasteiger partial charge in [-0.25, -0.2) is 0 Å². The number of benzene rings is 1. The lowest BCUT2D eigenvalue weighted by Crippen LogP contribution is -2.22. The van der Waals surface area contributed by atoms with Gasteiger partial charge < -0.3 is 10.2 Å². The Bertz CT molecular complexity index is 489. The Morgan fingerprint density at radius 2 is 1.74 bits per heavy atom. The summed E-state index contributed by atoms with van der Waals surface area (Å²) in [7, 11) is 0. The van der Waals surface area contributed by atoms with Gasteiger partial charge in [-0.15, -0.1) is 0 Å². The Labute approximate surface area is 114 Å². The maximum Gasteiger partial charge on any atom is 0.304 e. The number of carbonyl (C=O) groups is 1. The number of aliphatic carboxylic acids is 1.